The van der Waals surface area contributed by atoms with Crippen molar-refractivity contribution in [3.8, 4) is 0 Å². The molecule has 2 atom stereocenters. The van der Waals surface area contributed by atoms with Crippen LogP contribution >= 0.6 is 0 Å². The maximum atomic E-state index is 10.5. The van der Waals surface area contributed by atoms with Crippen LogP contribution in [0.25, 0.3) is 0 Å². The molecule has 0 fully saturated rings. The molecule has 2 aromatic rings. The minimum Gasteiger partial charge on any atom is -0.465 e. The van der Waals surface area contributed by atoms with Gasteiger partial charge in [0, 0.05) is 18.5 Å². The van der Waals surface area contributed by atoms with E-state index in [-0.39, 0.29) is 6.04 Å². The zero-order valence-electron chi connectivity index (χ0n) is 11.6. The second-order valence-electron chi connectivity index (χ2n) is 5.44. The van der Waals surface area contributed by atoms with Gasteiger partial charge in [0.25, 0.3) is 0 Å². The van der Waals surface area contributed by atoms with E-state index in [0.29, 0.717) is 12.5 Å². The molecule has 1 aliphatic rings. The number of benzene rings is 2. The van der Waals surface area contributed by atoms with E-state index < -0.39 is 6.09 Å². The summed E-state index contributed by atoms with van der Waals surface area (Å²) in [5.74, 6) is 0.295. The molecular weight excluding hydrogens is 264 g/mol. The summed E-state index contributed by atoms with van der Waals surface area (Å²) in [4.78, 5) is 10.5. The van der Waals surface area contributed by atoms with Crippen LogP contribution in [0.5, 0.6) is 0 Å². The van der Waals surface area contributed by atoms with Gasteiger partial charge in [0.1, 0.15) is 0 Å². The molecule has 1 aliphatic carbocycles. The zero-order chi connectivity index (χ0) is 14.8. The number of carboxylic acid groups (broad SMARTS) is 1. The lowest BCUT2D eigenvalue weighted by molar-refractivity contribution is 0.194. The van der Waals surface area contributed by atoms with Crippen molar-refractivity contribution in [3.63, 3.8) is 0 Å². The van der Waals surface area contributed by atoms with Gasteiger partial charge in [-0.25, -0.2) is 4.79 Å². The lowest BCUT2D eigenvalue weighted by Crippen LogP contribution is -2.20. The number of amides is 1. The van der Waals surface area contributed by atoms with E-state index in [4.69, 9.17) is 10.8 Å². The van der Waals surface area contributed by atoms with Gasteiger partial charge in [-0.15, -0.1) is 0 Å². The highest BCUT2D eigenvalue weighted by Crippen LogP contribution is 2.40. The molecule has 21 heavy (non-hydrogen) atoms. The average molecular weight is 282 g/mol. The van der Waals surface area contributed by atoms with Crippen molar-refractivity contribution in [1.82, 2.24) is 5.32 Å². The summed E-state index contributed by atoms with van der Waals surface area (Å²) in [5, 5.41) is 11.0. The molecule has 0 unspecified atom stereocenters. The van der Waals surface area contributed by atoms with Gasteiger partial charge in [0.05, 0.1) is 0 Å². The fourth-order valence-corrected chi connectivity index (χ4v) is 3.01. The Bertz CT molecular complexity index is 652. The zero-order valence-corrected chi connectivity index (χ0v) is 11.6. The molecule has 0 spiro atoms. The first kappa shape index (κ1) is 13.6. The van der Waals surface area contributed by atoms with Gasteiger partial charge in [-0.2, -0.15) is 0 Å². The number of nitrogens with one attached hydrogen (secondary N) is 1. The van der Waals surface area contributed by atoms with Crippen LogP contribution in [0, 0.1) is 0 Å². The average Bonchev–Trinajstić information content (AvgIpc) is 2.83. The highest BCUT2D eigenvalue weighted by molar-refractivity contribution is 5.64. The lowest BCUT2D eigenvalue weighted by atomic mass is 9.92. The SMILES string of the molecule is N[C@H]1c2ccccc2C[C@@H]1c1ccc(CNC(=O)O)cc1. The first-order valence-corrected chi connectivity index (χ1v) is 7.04. The minimum absolute atomic E-state index is 0.0317. The molecular formula is C17H18N2O2. The monoisotopic (exact) mass is 282 g/mol. The van der Waals surface area contributed by atoms with Crippen LogP contribution in [0.4, 0.5) is 4.79 Å². The molecule has 0 aliphatic heterocycles. The van der Waals surface area contributed by atoms with Crippen LogP contribution in [0.1, 0.15) is 34.2 Å². The standard InChI is InChI=1S/C17H18N2O2/c18-16-14-4-2-1-3-13(14)9-15(16)12-7-5-11(6-8-12)10-19-17(20)21/h1-8,15-16,19H,9-10,18H2,(H,20,21)/t15-,16+/m1/s1. The Hall–Kier alpha value is -2.33. The van der Waals surface area contributed by atoms with E-state index >= 15 is 0 Å². The fraction of sp³-hybridized carbons (Fsp3) is 0.235. The highest BCUT2D eigenvalue weighted by Gasteiger charge is 2.30. The molecule has 0 aromatic heterocycles. The van der Waals surface area contributed by atoms with E-state index in [1.54, 1.807) is 0 Å². The third-order valence-corrected chi connectivity index (χ3v) is 4.14. The number of rotatable bonds is 3. The van der Waals surface area contributed by atoms with Crippen LogP contribution in [0.2, 0.25) is 0 Å². The number of hydrogen-bond donors (Lipinski definition) is 3. The smallest absolute Gasteiger partial charge is 0.404 e. The van der Waals surface area contributed by atoms with E-state index in [0.717, 1.165) is 12.0 Å². The van der Waals surface area contributed by atoms with Crippen molar-refractivity contribution < 1.29 is 9.90 Å². The fourth-order valence-electron chi connectivity index (χ4n) is 3.01. The van der Waals surface area contributed by atoms with Crippen LogP contribution in [0.3, 0.4) is 0 Å². The molecule has 2 aromatic carbocycles. The third-order valence-electron chi connectivity index (χ3n) is 4.14. The maximum absolute atomic E-state index is 10.5. The van der Waals surface area contributed by atoms with Crippen LogP contribution < -0.4 is 11.1 Å². The van der Waals surface area contributed by atoms with Gasteiger partial charge in [0.2, 0.25) is 0 Å². The van der Waals surface area contributed by atoms with Gasteiger partial charge in [-0.3, -0.25) is 0 Å². The van der Waals surface area contributed by atoms with Gasteiger partial charge in [-0.05, 0) is 28.7 Å². The summed E-state index contributed by atoms with van der Waals surface area (Å²) in [7, 11) is 0. The van der Waals surface area contributed by atoms with Crippen molar-refractivity contribution >= 4 is 6.09 Å². The topological polar surface area (TPSA) is 75.3 Å². The molecule has 4 N–H and O–H groups in total. The van der Waals surface area contributed by atoms with E-state index in [9.17, 15) is 4.79 Å². The Morgan fingerprint density at radius 2 is 1.90 bits per heavy atom. The molecule has 0 bridgehead atoms. The second kappa shape index (κ2) is 5.58. The Morgan fingerprint density at radius 3 is 2.57 bits per heavy atom. The Kier molecular flexibility index (Phi) is 3.62. The molecule has 108 valence electrons. The van der Waals surface area contributed by atoms with Gasteiger partial charge < -0.3 is 16.2 Å². The molecule has 1 amide bonds. The van der Waals surface area contributed by atoms with Gasteiger partial charge in [-0.1, -0.05) is 48.5 Å². The number of nitrogens with two attached hydrogens (primary N) is 1. The van der Waals surface area contributed by atoms with Crippen molar-refractivity contribution in [3.05, 3.63) is 70.8 Å². The predicted octanol–water partition coefficient (Wildman–Crippen LogP) is 2.79. The third kappa shape index (κ3) is 2.76. The Morgan fingerprint density at radius 1 is 1.19 bits per heavy atom. The van der Waals surface area contributed by atoms with Crippen LogP contribution in [-0.2, 0) is 13.0 Å². The number of hydrogen-bond acceptors (Lipinski definition) is 2. The normalized spacial score (nSPS) is 20.0. The highest BCUT2D eigenvalue weighted by atomic mass is 16.4. The molecule has 4 nitrogen and oxygen atoms in total. The summed E-state index contributed by atoms with van der Waals surface area (Å²) < 4.78 is 0. The maximum Gasteiger partial charge on any atom is 0.404 e. The number of carbonyl (C=O) groups is 1. The predicted molar refractivity (Wildman–Crippen MR) is 81.1 cm³/mol. The van der Waals surface area contributed by atoms with Crippen LogP contribution in [-0.4, -0.2) is 11.2 Å². The Labute approximate surface area is 123 Å². The first-order chi connectivity index (χ1) is 10.1. The summed E-state index contributed by atoms with van der Waals surface area (Å²) in [6.07, 6.45) is -0.0447. The lowest BCUT2D eigenvalue weighted by Gasteiger charge is -2.17. The van der Waals surface area contributed by atoms with Crippen molar-refractivity contribution in [2.45, 2.75) is 24.9 Å². The molecule has 0 saturated heterocycles. The van der Waals surface area contributed by atoms with Crippen molar-refractivity contribution in [1.29, 1.82) is 0 Å². The van der Waals surface area contributed by atoms with Crippen molar-refractivity contribution in [2.75, 3.05) is 0 Å². The quantitative estimate of drug-likeness (QED) is 0.810. The molecule has 4 heteroatoms. The van der Waals surface area contributed by atoms with Gasteiger partial charge >= 0.3 is 6.09 Å². The van der Waals surface area contributed by atoms with E-state index in [1.807, 2.05) is 18.2 Å². The van der Waals surface area contributed by atoms with E-state index in [2.05, 4.69) is 35.6 Å². The minimum atomic E-state index is -1.01. The van der Waals surface area contributed by atoms with Crippen LogP contribution in [0.15, 0.2) is 48.5 Å². The number of fused-ring (bicyclic) bond motifs is 1. The molecule has 0 radical (unpaired) electrons. The second-order valence-corrected chi connectivity index (χ2v) is 5.44. The summed E-state index contributed by atoms with van der Waals surface area (Å²) in [6, 6.07) is 16.4. The Balaban J connectivity index is 1.75. The first-order valence-electron chi connectivity index (χ1n) is 7.04. The van der Waals surface area contributed by atoms with Crippen molar-refractivity contribution in [2.24, 2.45) is 5.73 Å². The summed E-state index contributed by atoms with van der Waals surface area (Å²) in [6.45, 7) is 0.326. The van der Waals surface area contributed by atoms with E-state index in [1.165, 1.54) is 16.7 Å². The molecule has 0 heterocycles. The van der Waals surface area contributed by atoms with Gasteiger partial charge in [0.15, 0.2) is 0 Å². The largest absolute Gasteiger partial charge is 0.465 e. The summed E-state index contributed by atoms with van der Waals surface area (Å²) >= 11 is 0. The summed E-state index contributed by atoms with van der Waals surface area (Å²) in [5.41, 5.74) is 11.1. The molecule has 3 rings (SSSR count). The molecule has 0 saturated carbocycles.